The van der Waals surface area contributed by atoms with Crippen molar-refractivity contribution in [2.24, 2.45) is 0 Å². The van der Waals surface area contributed by atoms with E-state index in [9.17, 15) is 4.79 Å². The Morgan fingerprint density at radius 2 is 1.93 bits per heavy atom. The van der Waals surface area contributed by atoms with E-state index in [1.54, 1.807) is 25.1 Å². The van der Waals surface area contributed by atoms with Gasteiger partial charge in [0.2, 0.25) is 0 Å². The largest absolute Gasteiger partial charge is 0.486 e. The molecule has 0 aromatic heterocycles. The first-order valence-corrected chi connectivity index (χ1v) is 10.1. The zero-order chi connectivity index (χ0) is 19.7. The fourth-order valence-electron chi connectivity index (χ4n) is 3.69. The van der Waals surface area contributed by atoms with E-state index >= 15 is 0 Å². The van der Waals surface area contributed by atoms with E-state index < -0.39 is 6.10 Å². The Morgan fingerprint density at radius 1 is 1.14 bits per heavy atom. The maximum atomic E-state index is 13.1. The summed E-state index contributed by atoms with van der Waals surface area (Å²) in [5.74, 6) is 1.87. The van der Waals surface area contributed by atoms with Gasteiger partial charge >= 0.3 is 0 Å². The molecule has 0 radical (unpaired) electrons. The van der Waals surface area contributed by atoms with Crippen molar-refractivity contribution in [3.8, 4) is 17.2 Å². The van der Waals surface area contributed by atoms with Gasteiger partial charge in [0, 0.05) is 11.6 Å². The van der Waals surface area contributed by atoms with Gasteiger partial charge in [-0.05, 0) is 55.7 Å². The summed E-state index contributed by atoms with van der Waals surface area (Å²) in [5.41, 5.74) is 1.05. The molecular formula is C21H21Cl2NO4. The number of carbonyl (C=O) groups excluding carboxylic acids is 1. The van der Waals surface area contributed by atoms with E-state index in [2.05, 4.69) is 0 Å². The molecule has 0 saturated carbocycles. The van der Waals surface area contributed by atoms with Crippen LogP contribution in [0.5, 0.6) is 17.2 Å². The summed E-state index contributed by atoms with van der Waals surface area (Å²) in [4.78, 5) is 15.0. The van der Waals surface area contributed by atoms with Crippen LogP contribution in [0.2, 0.25) is 10.0 Å². The van der Waals surface area contributed by atoms with Gasteiger partial charge in [-0.15, -0.1) is 0 Å². The topological polar surface area (TPSA) is 48.0 Å². The minimum atomic E-state index is -0.656. The SMILES string of the molecule is CC(Oc1ccc(Cl)cc1Cl)C(=O)N1CCCC1c1ccc2c(c1)OCCO2. The lowest BCUT2D eigenvalue weighted by atomic mass is 10.0. The van der Waals surface area contributed by atoms with Gasteiger partial charge in [0.1, 0.15) is 19.0 Å². The second-order valence-corrected chi connectivity index (χ2v) is 7.77. The van der Waals surface area contributed by atoms with E-state index in [1.807, 2.05) is 23.1 Å². The van der Waals surface area contributed by atoms with Crippen LogP contribution in [0.25, 0.3) is 0 Å². The van der Waals surface area contributed by atoms with Gasteiger partial charge in [-0.1, -0.05) is 29.3 Å². The fourth-order valence-corrected chi connectivity index (χ4v) is 4.14. The third-order valence-electron chi connectivity index (χ3n) is 5.03. The van der Waals surface area contributed by atoms with Crippen LogP contribution in [-0.2, 0) is 4.79 Å². The maximum absolute atomic E-state index is 13.1. The number of hydrogen-bond donors (Lipinski definition) is 0. The zero-order valence-electron chi connectivity index (χ0n) is 15.5. The molecule has 2 aliphatic heterocycles. The Labute approximate surface area is 174 Å². The van der Waals surface area contributed by atoms with Crippen LogP contribution >= 0.6 is 23.2 Å². The quantitative estimate of drug-likeness (QED) is 0.704. The second-order valence-electron chi connectivity index (χ2n) is 6.93. The molecule has 2 aromatic carbocycles. The van der Waals surface area contributed by atoms with Crippen molar-refractivity contribution in [1.82, 2.24) is 4.90 Å². The van der Waals surface area contributed by atoms with Crippen LogP contribution in [0.1, 0.15) is 31.4 Å². The van der Waals surface area contributed by atoms with E-state index in [-0.39, 0.29) is 11.9 Å². The molecule has 2 aliphatic rings. The molecule has 0 aliphatic carbocycles. The highest BCUT2D eigenvalue weighted by Gasteiger charge is 2.34. The Balaban J connectivity index is 1.50. The molecule has 0 spiro atoms. The van der Waals surface area contributed by atoms with Crippen LogP contribution in [0.3, 0.4) is 0 Å². The van der Waals surface area contributed by atoms with E-state index in [4.69, 9.17) is 37.4 Å². The standard InChI is InChI=1S/C21H21Cl2NO4/c1-13(28-18-7-5-15(22)12-16(18)23)21(25)24-8-2-3-17(24)14-4-6-19-20(11-14)27-10-9-26-19/h4-7,11-13,17H,2-3,8-10H2,1H3. The molecule has 0 bridgehead atoms. The number of benzene rings is 2. The van der Waals surface area contributed by atoms with Crippen molar-refractivity contribution in [2.75, 3.05) is 19.8 Å². The monoisotopic (exact) mass is 421 g/mol. The lowest BCUT2D eigenvalue weighted by Crippen LogP contribution is -2.40. The maximum Gasteiger partial charge on any atom is 0.263 e. The highest BCUT2D eigenvalue weighted by molar-refractivity contribution is 6.35. The first kappa shape index (κ1) is 19.2. The highest BCUT2D eigenvalue weighted by Crippen LogP contribution is 2.38. The summed E-state index contributed by atoms with van der Waals surface area (Å²) in [6.07, 6.45) is 1.19. The summed E-state index contributed by atoms with van der Waals surface area (Å²) < 4.78 is 17.1. The van der Waals surface area contributed by atoms with Gasteiger partial charge in [-0.2, -0.15) is 0 Å². The molecule has 28 heavy (non-hydrogen) atoms. The van der Waals surface area contributed by atoms with E-state index in [0.717, 1.165) is 29.9 Å². The van der Waals surface area contributed by atoms with Gasteiger partial charge < -0.3 is 19.1 Å². The van der Waals surface area contributed by atoms with Crippen molar-refractivity contribution in [2.45, 2.75) is 31.9 Å². The minimum Gasteiger partial charge on any atom is -0.486 e. The van der Waals surface area contributed by atoms with Crippen LogP contribution in [0, 0.1) is 0 Å². The lowest BCUT2D eigenvalue weighted by Gasteiger charge is -2.29. The third-order valence-corrected chi connectivity index (χ3v) is 5.56. The molecule has 0 N–H and O–H groups in total. The molecule has 4 rings (SSSR count). The molecule has 1 saturated heterocycles. The average Bonchev–Trinajstić information content (AvgIpc) is 3.19. The number of fused-ring (bicyclic) bond motifs is 1. The van der Waals surface area contributed by atoms with Crippen LogP contribution < -0.4 is 14.2 Å². The third kappa shape index (κ3) is 3.87. The molecule has 1 amide bonds. The molecule has 2 heterocycles. The van der Waals surface area contributed by atoms with Gasteiger partial charge in [0.15, 0.2) is 17.6 Å². The smallest absolute Gasteiger partial charge is 0.263 e. The predicted octanol–water partition coefficient (Wildman–Crippen LogP) is 4.90. The molecular weight excluding hydrogens is 401 g/mol. The number of halogens is 2. The van der Waals surface area contributed by atoms with Gasteiger partial charge in [0.25, 0.3) is 5.91 Å². The summed E-state index contributed by atoms with van der Waals surface area (Å²) >= 11 is 12.1. The average molecular weight is 422 g/mol. The number of carbonyl (C=O) groups is 1. The molecule has 2 aromatic rings. The fraction of sp³-hybridized carbons (Fsp3) is 0.381. The number of ether oxygens (including phenoxy) is 3. The molecule has 7 heteroatoms. The van der Waals surface area contributed by atoms with Gasteiger partial charge in [-0.3, -0.25) is 4.79 Å². The number of likely N-dealkylation sites (tertiary alicyclic amines) is 1. The molecule has 1 fully saturated rings. The Hall–Kier alpha value is -2.11. The van der Waals surface area contributed by atoms with Crippen LogP contribution in [0.15, 0.2) is 36.4 Å². The number of nitrogens with zero attached hydrogens (tertiary/aromatic N) is 1. The van der Waals surface area contributed by atoms with Crippen molar-refractivity contribution in [3.05, 3.63) is 52.0 Å². The van der Waals surface area contributed by atoms with Crippen molar-refractivity contribution < 1.29 is 19.0 Å². The van der Waals surface area contributed by atoms with Crippen LogP contribution in [0.4, 0.5) is 0 Å². The summed E-state index contributed by atoms with van der Waals surface area (Å²) in [5, 5.41) is 0.909. The van der Waals surface area contributed by atoms with Gasteiger partial charge in [0.05, 0.1) is 11.1 Å². The van der Waals surface area contributed by atoms with Gasteiger partial charge in [-0.25, -0.2) is 0 Å². The first-order valence-electron chi connectivity index (χ1n) is 9.34. The summed E-state index contributed by atoms with van der Waals surface area (Å²) in [7, 11) is 0. The summed E-state index contributed by atoms with van der Waals surface area (Å²) in [6, 6.07) is 10.9. The molecule has 5 nitrogen and oxygen atoms in total. The summed E-state index contributed by atoms with van der Waals surface area (Å²) in [6.45, 7) is 3.53. The van der Waals surface area contributed by atoms with E-state index in [1.165, 1.54) is 0 Å². The second kappa shape index (κ2) is 8.10. The molecule has 2 atom stereocenters. The first-order chi connectivity index (χ1) is 13.5. The predicted molar refractivity (Wildman–Crippen MR) is 108 cm³/mol. The normalized spacial score (nSPS) is 19.4. The molecule has 148 valence electrons. The number of rotatable bonds is 4. The highest BCUT2D eigenvalue weighted by atomic mass is 35.5. The van der Waals surface area contributed by atoms with Crippen LogP contribution in [-0.4, -0.2) is 36.7 Å². The Kier molecular flexibility index (Phi) is 5.56. The minimum absolute atomic E-state index is 0.00457. The van der Waals surface area contributed by atoms with Crippen molar-refractivity contribution in [1.29, 1.82) is 0 Å². The lowest BCUT2D eigenvalue weighted by molar-refractivity contribution is -0.138. The number of amides is 1. The van der Waals surface area contributed by atoms with Crippen molar-refractivity contribution in [3.63, 3.8) is 0 Å². The zero-order valence-corrected chi connectivity index (χ0v) is 17.0. The number of hydrogen-bond acceptors (Lipinski definition) is 4. The van der Waals surface area contributed by atoms with E-state index in [0.29, 0.717) is 35.6 Å². The Bertz CT molecular complexity index is 889. The molecule has 2 unspecified atom stereocenters. The Morgan fingerprint density at radius 3 is 2.71 bits per heavy atom. The van der Waals surface area contributed by atoms with Crippen molar-refractivity contribution >= 4 is 29.1 Å².